The Labute approximate surface area is 118 Å². The second-order valence-corrected chi connectivity index (χ2v) is 5.54. The summed E-state index contributed by atoms with van der Waals surface area (Å²) in [4.78, 5) is 0. The van der Waals surface area contributed by atoms with E-state index in [1.54, 1.807) is 6.20 Å². The summed E-state index contributed by atoms with van der Waals surface area (Å²) in [5.41, 5.74) is 8.76. The van der Waals surface area contributed by atoms with Gasteiger partial charge >= 0.3 is 0 Å². The van der Waals surface area contributed by atoms with Crippen LogP contribution in [0.1, 0.15) is 36.6 Å². The molecule has 2 aromatic rings. The minimum absolute atomic E-state index is 0.0276. The molecule has 1 aliphatic rings. The number of halogens is 1. The van der Waals surface area contributed by atoms with Crippen molar-refractivity contribution >= 4 is 11.6 Å². The van der Waals surface area contributed by atoms with E-state index < -0.39 is 0 Å². The van der Waals surface area contributed by atoms with Crippen LogP contribution in [0.15, 0.2) is 36.5 Å². The highest BCUT2D eigenvalue weighted by Gasteiger charge is 2.44. The number of nitrogens with zero attached hydrogens (tertiary/aromatic N) is 2. The van der Waals surface area contributed by atoms with Crippen molar-refractivity contribution in [2.45, 2.75) is 31.8 Å². The van der Waals surface area contributed by atoms with Crippen LogP contribution >= 0.6 is 11.6 Å². The Morgan fingerprint density at radius 2 is 2.16 bits per heavy atom. The highest BCUT2D eigenvalue weighted by Crippen LogP contribution is 2.53. The molecule has 1 fully saturated rings. The molecule has 2 N–H and O–H groups in total. The van der Waals surface area contributed by atoms with Crippen LogP contribution in [-0.4, -0.2) is 9.78 Å². The average Bonchev–Trinajstić information content (AvgIpc) is 3.16. The van der Waals surface area contributed by atoms with E-state index in [4.69, 9.17) is 17.3 Å². The molecule has 0 saturated heterocycles. The number of benzene rings is 1. The van der Waals surface area contributed by atoms with Crippen LogP contribution < -0.4 is 5.73 Å². The zero-order valence-electron chi connectivity index (χ0n) is 11.0. The number of hydrogen-bond acceptors (Lipinski definition) is 2. The van der Waals surface area contributed by atoms with Gasteiger partial charge in [-0.3, -0.25) is 4.68 Å². The number of aromatic nitrogens is 2. The first-order valence-electron chi connectivity index (χ1n) is 6.74. The normalized spacial score (nSPS) is 23.3. The minimum atomic E-state index is -0.0276. The molecule has 3 atom stereocenters. The van der Waals surface area contributed by atoms with Gasteiger partial charge in [-0.15, -0.1) is 0 Å². The van der Waals surface area contributed by atoms with Crippen molar-refractivity contribution in [3.8, 4) is 0 Å². The minimum Gasteiger partial charge on any atom is -0.322 e. The molecule has 3 nitrogen and oxygen atoms in total. The van der Waals surface area contributed by atoms with Gasteiger partial charge < -0.3 is 5.73 Å². The van der Waals surface area contributed by atoms with Crippen LogP contribution in [0.4, 0.5) is 0 Å². The highest BCUT2D eigenvalue weighted by molar-refractivity contribution is 6.31. The van der Waals surface area contributed by atoms with Gasteiger partial charge in [0.2, 0.25) is 0 Å². The summed E-state index contributed by atoms with van der Waals surface area (Å²) in [5.74, 6) is 1.04. The van der Waals surface area contributed by atoms with Gasteiger partial charge in [0, 0.05) is 6.54 Å². The lowest BCUT2D eigenvalue weighted by Crippen LogP contribution is -2.19. The van der Waals surface area contributed by atoms with Gasteiger partial charge in [0.1, 0.15) is 0 Å². The maximum Gasteiger partial charge on any atom is 0.0834 e. The zero-order valence-corrected chi connectivity index (χ0v) is 11.7. The Bertz CT molecular complexity index is 564. The van der Waals surface area contributed by atoms with Gasteiger partial charge in [0.15, 0.2) is 0 Å². The molecule has 4 heteroatoms. The maximum absolute atomic E-state index is 6.40. The van der Waals surface area contributed by atoms with Crippen LogP contribution in [0.5, 0.6) is 0 Å². The lowest BCUT2D eigenvalue weighted by Gasteiger charge is -2.14. The van der Waals surface area contributed by atoms with Gasteiger partial charge in [-0.25, -0.2) is 0 Å². The van der Waals surface area contributed by atoms with Crippen LogP contribution in [0.2, 0.25) is 5.02 Å². The summed E-state index contributed by atoms with van der Waals surface area (Å²) in [6.07, 6.45) is 2.83. The van der Waals surface area contributed by atoms with Crippen molar-refractivity contribution < 1.29 is 0 Å². The van der Waals surface area contributed by atoms with Crippen molar-refractivity contribution in [1.82, 2.24) is 9.78 Å². The lowest BCUT2D eigenvalue weighted by atomic mass is 10.0. The summed E-state index contributed by atoms with van der Waals surface area (Å²) in [5, 5.41) is 4.96. The van der Waals surface area contributed by atoms with E-state index >= 15 is 0 Å². The molecule has 1 aromatic carbocycles. The molecule has 0 aliphatic heterocycles. The summed E-state index contributed by atoms with van der Waals surface area (Å²) >= 11 is 6.22. The highest BCUT2D eigenvalue weighted by atomic mass is 35.5. The van der Waals surface area contributed by atoms with Crippen molar-refractivity contribution in [3.05, 3.63) is 52.8 Å². The largest absolute Gasteiger partial charge is 0.322 e. The SMILES string of the molecule is CCn1ncc(Cl)c1C(N)C1CC1c1ccccc1. The third-order valence-electron chi connectivity index (χ3n) is 3.98. The predicted octanol–water partition coefficient (Wildman–Crippen LogP) is 3.36. The van der Waals surface area contributed by atoms with Gasteiger partial charge in [-0.05, 0) is 30.7 Å². The predicted molar refractivity (Wildman–Crippen MR) is 77.1 cm³/mol. The molecule has 0 bridgehead atoms. The fourth-order valence-electron chi connectivity index (χ4n) is 2.85. The van der Waals surface area contributed by atoms with Gasteiger partial charge in [-0.2, -0.15) is 5.10 Å². The molecule has 0 radical (unpaired) electrons. The van der Waals surface area contributed by atoms with Crippen molar-refractivity contribution in [2.75, 3.05) is 0 Å². The molecular formula is C15H18ClN3. The summed E-state index contributed by atoms with van der Waals surface area (Å²) in [6.45, 7) is 2.86. The molecule has 1 saturated carbocycles. The molecule has 100 valence electrons. The van der Waals surface area contributed by atoms with Gasteiger partial charge in [0.05, 0.1) is 23.0 Å². The quantitative estimate of drug-likeness (QED) is 0.930. The first kappa shape index (κ1) is 12.7. The second kappa shape index (κ2) is 4.99. The lowest BCUT2D eigenvalue weighted by molar-refractivity contribution is 0.527. The smallest absolute Gasteiger partial charge is 0.0834 e. The van der Waals surface area contributed by atoms with Gasteiger partial charge in [0.25, 0.3) is 0 Å². The third-order valence-corrected chi connectivity index (χ3v) is 4.27. The zero-order chi connectivity index (χ0) is 13.4. The average molecular weight is 276 g/mol. The summed E-state index contributed by atoms with van der Waals surface area (Å²) in [7, 11) is 0. The Balaban J connectivity index is 1.80. The molecule has 1 heterocycles. The second-order valence-electron chi connectivity index (χ2n) is 5.14. The molecule has 1 aromatic heterocycles. The van der Waals surface area contributed by atoms with Crippen LogP contribution in [-0.2, 0) is 6.54 Å². The molecule has 0 amide bonds. The topological polar surface area (TPSA) is 43.8 Å². The first-order valence-corrected chi connectivity index (χ1v) is 7.12. The van der Waals surface area contributed by atoms with Gasteiger partial charge in [-0.1, -0.05) is 41.9 Å². The molecular weight excluding hydrogens is 258 g/mol. The fraction of sp³-hybridized carbons (Fsp3) is 0.400. The van der Waals surface area contributed by atoms with Crippen molar-refractivity contribution in [3.63, 3.8) is 0 Å². The summed E-state index contributed by atoms with van der Waals surface area (Å²) in [6, 6.07) is 10.5. The van der Waals surface area contributed by atoms with E-state index in [2.05, 4.69) is 36.3 Å². The van der Waals surface area contributed by atoms with Crippen LogP contribution in [0.25, 0.3) is 0 Å². The Morgan fingerprint density at radius 3 is 2.84 bits per heavy atom. The number of rotatable bonds is 4. The van der Waals surface area contributed by atoms with E-state index in [1.807, 2.05) is 10.7 Å². The summed E-state index contributed by atoms with van der Waals surface area (Å²) < 4.78 is 1.91. The number of nitrogens with two attached hydrogens (primary N) is 1. The van der Waals surface area contributed by atoms with E-state index in [9.17, 15) is 0 Å². The number of aryl methyl sites for hydroxylation is 1. The third kappa shape index (κ3) is 2.28. The molecule has 0 spiro atoms. The molecule has 1 aliphatic carbocycles. The first-order chi connectivity index (χ1) is 9.22. The maximum atomic E-state index is 6.40. The van der Waals surface area contributed by atoms with Crippen molar-refractivity contribution in [2.24, 2.45) is 11.7 Å². The van der Waals surface area contributed by atoms with E-state index in [0.717, 1.165) is 18.7 Å². The number of hydrogen-bond donors (Lipinski definition) is 1. The van der Waals surface area contributed by atoms with Crippen molar-refractivity contribution in [1.29, 1.82) is 0 Å². The fourth-order valence-corrected chi connectivity index (χ4v) is 3.12. The van der Waals surface area contributed by atoms with Crippen LogP contribution in [0.3, 0.4) is 0 Å². The molecule has 3 unspecified atom stereocenters. The molecule has 3 rings (SSSR count). The van der Waals surface area contributed by atoms with E-state index in [-0.39, 0.29) is 6.04 Å². The van der Waals surface area contributed by atoms with Crippen LogP contribution in [0, 0.1) is 5.92 Å². The standard InChI is InChI=1S/C15H18ClN3/c1-2-19-15(13(16)9-18-19)14(17)12-8-11(12)10-6-4-3-5-7-10/h3-7,9,11-12,14H,2,8,17H2,1H3. The Hall–Kier alpha value is -1.32. The van der Waals surface area contributed by atoms with E-state index in [0.29, 0.717) is 16.9 Å². The van der Waals surface area contributed by atoms with E-state index in [1.165, 1.54) is 5.56 Å². The Morgan fingerprint density at radius 1 is 1.42 bits per heavy atom. The monoisotopic (exact) mass is 275 g/mol. The molecule has 19 heavy (non-hydrogen) atoms. The Kier molecular flexibility index (Phi) is 3.33.